The quantitative estimate of drug-likeness (QED) is 0.0249. The number of aromatic nitrogens is 6. The van der Waals surface area contributed by atoms with Gasteiger partial charge in [-0.25, -0.2) is 19.2 Å². The van der Waals surface area contributed by atoms with Crippen molar-refractivity contribution in [2.45, 2.75) is 33.4 Å². The van der Waals surface area contributed by atoms with Crippen molar-refractivity contribution in [1.82, 2.24) is 29.9 Å². The van der Waals surface area contributed by atoms with Crippen LogP contribution in [0.3, 0.4) is 0 Å². The van der Waals surface area contributed by atoms with E-state index in [-0.39, 0.29) is 57.0 Å². The summed E-state index contributed by atoms with van der Waals surface area (Å²) in [6.45, 7) is 2.86. The van der Waals surface area contributed by atoms with Crippen molar-refractivity contribution in [2.75, 3.05) is 21.3 Å². The molecule has 36 nitrogen and oxygen atoms in total. The molecule has 9 rings (SSSR count). The zero-order chi connectivity index (χ0) is 65.7. The number of aromatic hydroxyl groups is 2. The van der Waals surface area contributed by atoms with Gasteiger partial charge in [-0.1, -0.05) is 0 Å². The van der Waals surface area contributed by atoms with Crippen LogP contribution in [-0.4, -0.2) is 138 Å². The lowest BCUT2D eigenvalue weighted by Crippen LogP contribution is -2.07. The lowest BCUT2D eigenvalue weighted by Gasteiger charge is -2.23. The van der Waals surface area contributed by atoms with Gasteiger partial charge in [0.1, 0.15) is 44.8 Å². The molecule has 0 saturated carbocycles. The van der Waals surface area contributed by atoms with Crippen LogP contribution in [0, 0.1) is 13.8 Å². The first kappa shape index (κ1) is 63.7. The second-order valence-corrected chi connectivity index (χ2v) is 24.4. The van der Waals surface area contributed by atoms with E-state index in [1.165, 1.54) is 38.1 Å². The first-order chi connectivity index (χ1) is 42.0. The minimum absolute atomic E-state index is 0.0307. The van der Waals surface area contributed by atoms with Crippen LogP contribution in [0.15, 0.2) is 137 Å². The number of anilines is 8. The number of nitrogens with zero attached hydrogens (tertiary/aromatic N) is 10. The Labute approximate surface area is 505 Å². The van der Waals surface area contributed by atoms with Gasteiger partial charge in [0.15, 0.2) is 11.5 Å². The second kappa shape index (κ2) is 24.1. The van der Waals surface area contributed by atoms with Crippen molar-refractivity contribution in [3.8, 4) is 11.5 Å². The van der Waals surface area contributed by atoms with Crippen molar-refractivity contribution < 1.29 is 103 Å². The number of hydrogen-bond donors (Lipinski definition) is 18. The average molecular weight is 1320 g/mol. The number of carbonyl (C=O) groups is 4. The van der Waals surface area contributed by atoms with Gasteiger partial charge in [0, 0.05) is 22.1 Å². The minimum atomic E-state index is -5.09. The summed E-state index contributed by atoms with van der Waals surface area (Å²) >= 11 is 0. The van der Waals surface area contributed by atoms with Gasteiger partial charge in [0.2, 0.25) is 23.8 Å². The van der Waals surface area contributed by atoms with Crippen LogP contribution in [0.2, 0.25) is 0 Å². The molecule has 466 valence electrons. The Morgan fingerprint density at radius 1 is 0.400 bits per heavy atom. The van der Waals surface area contributed by atoms with Gasteiger partial charge >= 0.3 is 23.9 Å². The highest BCUT2D eigenvalue weighted by Crippen LogP contribution is 2.57. The Balaban J connectivity index is 1.01. The third-order valence-electron chi connectivity index (χ3n) is 12.2. The van der Waals surface area contributed by atoms with Crippen LogP contribution >= 0.6 is 21.7 Å². The van der Waals surface area contributed by atoms with Gasteiger partial charge in [-0.05, 0) is 122 Å². The standard InChI is InChI=1S/C50H40N14O22S4/c1-19-51-47(59-49(53-19)57-33-17-31(87(75,76)77)13-21-15-35(89(81,82)83)39(41(65)37(21)33)63-61-29-9-23(43(67)68)7-24(10-29)44(69)70)55-27-3-5-28(6-4-27)56-48-52-20(2)54-50(60-48)58-34-18-32(88(78,79)80)14-22-16-36(90(84,85)86)40(42(66)38(22)34)64-62-30-11-25(45(71)72)8-26(12-30)46(73)74/h3-18,65-66,81-86H,1-2H3,(H,67,68)(H,69,70)(H,71,72)(H,73,74)(H,75,76,77)(H,78,79,80)(H2,51,53,55,57,59)(H2,52,54,56,58,60). The summed E-state index contributed by atoms with van der Waals surface area (Å²) in [4.78, 5) is 68.9. The molecule has 7 aromatic carbocycles. The highest BCUT2D eigenvalue weighted by molar-refractivity contribution is 8.19. The smallest absolute Gasteiger partial charge is 0.335 e. The number of rotatable bonds is 20. The van der Waals surface area contributed by atoms with Gasteiger partial charge in [-0.3, -0.25) is 9.11 Å². The monoisotopic (exact) mass is 1320 g/mol. The maximum absolute atomic E-state index is 12.5. The molecule has 18 N–H and O–H groups in total. The van der Waals surface area contributed by atoms with Gasteiger partial charge in [-0.2, -0.15) is 57.0 Å². The summed E-state index contributed by atoms with van der Waals surface area (Å²) in [5, 5.41) is 86.4. The number of benzene rings is 7. The number of aromatic carboxylic acids is 4. The molecular weight excluding hydrogens is 1280 g/mol. The molecule has 0 aliphatic carbocycles. The first-order valence-electron chi connectivity index (χ1n) is 24.3. The number of aryl methyl sites for hydroxylation is 2. The van der Waals surface area contributed by atoms with E-state index in [9.17, 15) is 103 Å². The largest absolute Gasteiger partial charge is 0.505 e. The highest BCUT2D eigenvalue weighted by Gasteiger charge is 2.31. The fourth-order valence-electron chi connectivity index (χ4n) is 8.40. The van der Waals surface area contributed by atoms with Crippen LogP contribution in [0.1, 0.15) is 53.1 Å². The number of nitrogens with one attached hydrogen (secondary N) is 4. The zero-order valence-electron chi connectivity index (χ0n) is 44.9. The maximum Gasteiger partial charge on any atom is 0.335 e. The van der Waals surface area contributed by atoms with Crippen LogP contribution in [-0.2, 0) is 20.2 Å². The molecule has 0 fully saturated rings. The molecule has 0 aliphatic heterocycles. The van der Waals surface area contributed by atoms with E-state index in [0.29, 0.717) is 11.4 Å². The van der Waals surface area contributed by atoms with Gasteiger partial charge in [0.25, 0.3) is 20.2 Å². The number of phenolic OH excluding ortho intramolecular Hbond substituents is 2. The van der Waals surface area contributed by atoms with Gasteiger partial charge in [-0.15, -0.1) is 10.2 Å². The van der Waals surface area contributed by atoms with Crippen molar-refractivity contribution in [3.63, 3.8) is 0 Å². The molecule has 0 unspecified atom stereocenters. The number of carboxylic acids is 4. The predicted octanol–water partition coefficient (Wildman–Crippen LogP) is 10.6. The summed E-state index contributed by atoms with van der Waals surface area (Å²) in [6, 6.07) is 16.0. The van der Waals surface area contributed by atoms with Gasteiger partial charge < -0.3 is 79.2 Å². The molecule has 0 radical (unpaired) electrons. The Morgan fingerprint density at radius 3 is 0.978 bits per heavy atom. The minimum Gasteiger partial charge on any atom is -0.505 e. The molecule has 40 heteroatoms. The summed E-state index contributed by atoms with van der Waals surface area (Å²) < 4.78 is 133. The number of hydrogen-bond acceptors (Lipinski definition) is 30. The zero-order valence-corrected chi connectivity index (χ0v) is 48.1. The van der Waals surface area contributed by atoms with Gasteiger partial charge in [0.05, 0.1) is 64.6 Å². The topological polar surface area (TPSA) is 595 Å². The third kappa shape index (κ3) is 14.3. The van der Waals surface area contributed by atoms with Crippen molar-refractivity contribution in [2.24, 2.45) is 20.5 Å². The van der Waals surface area contributed by atoms with Crippen molar-refractivity contribution in [1.29, 1.82) is 0 Å². The molecule has 9 aromatic rings. The molecule has 0 atom stereocenters. The van der Waals surface area contributed by atoms with Crippen LogP contribution in [0.25, 0.3) is 21.5 Å². The summed E-state index contributed by atoms with van der Waals surface area (Å²) in [5.74, 6) is -9.23. The van der Waals surface area contributed by atoms with E-state index < -0.39 is 153 Å². The number of azo groups is 2. The Morgan fingerprint density at radius 2 is 0.700 bits per heavy atom. The van der Waals surface area contributed by atoms with E-state index in [1.807, 2.05) is 0 Å². The lowest BCUT2D eigenvalue weighted by atomic mass is 10.1. The first-order valence-corrected chi connectivity index (χ1v) is 30.2. The predicted molar refractivity (Wildman–Crippen MR) is 316 cm³/mol. The van der Waals surface area contributed by atoms with Crippen molar-refractivity contribution >= 4 is 157 Å². The fourth-order valence-corrected chi connectivity index (χ4v) is 10.8. The van der Waals surface area contributed by atoms with Crippen LogP contribution < -0.4 is 21.3 Å². The molecule has 2 aromatic heterocycles. The summed E-state index contributed by atoms with van der Waals surface area (Å²) in [6.07, 6.45) is 0. The molecule has 0 saturated heterocycles. The van der Waals surface area contributed by atoms with E-state index in [0.717, 1.165) is 72.8 Å². The third-order valence-corrected chi connectivity index (χ3v) is 15.6. The Bertz CT molecular complexity index is 4470. The molecule has 2 heterocycles. The van der Waals surface area contributed by atoms with Crippen LogP contribution in [0.4, 0.5) is 69.3 Å². The number of carboxylic acid groups (broad SMARTS) is 4. The highest BCUT2D eigenvalue weighted by atomic mass is 32.3. The Hall–Kier alpha value is -10.8. The normalized spacial score (nSPS) is 12.6. The molecule has 0 amide bonds. The van der Waals surface area contributed by atoms with E-state index >= 15 is 0 Å². The molecular formula is C50H40N14O22S4. The SMILES string of the molecule is Cc1nc(Nc2ccc(Nc3nc(C)nc(Nc4cc(S(=O)(=O)O)cc5cc(S(O)(O)O)c(N=Nc6cc(C(=O)O)cc(C(=O)O)c6)c(O)c45)n3)cc2)nc(Nc2cc(S(=O)(=O)O)cc3cc(S(O)(O)O)c(N=Nc4cc(C(=O)O)cc(C(=O)O)c4)c(O)c23)n1. The lowest BCUT2D eigenvalue weighted by molar-refractivity contribution is 0.0676. The maximum atomic E-state index is 12.5. The number of phenols is 2. The van der Waals surface area contributed by atoms with Crippen molar-refractivity contribution in [3.05, 3.63) is 131 Å². The molecule has 0 spiro atoms. The van der Waals surface area contributed by atoms with E-state index in [2.05, 4.69) is 71.6 Å². The molecule has 90 heavy (non-hydrogen) atoms. The fraction of sp³-hybridized carbons (Fsp3) is 0.0400. The summed E-state index contributed by atoms with van der Waals surface area (Å²) in [5.41, 5.74) is -4.98. The van der Waals surface area contributed by atoms with Crippen LogP contribution in [0.5, 0.6) is 11.5 Å². The summed E-state index contributed by atoms with van der Waals surface area (Å²) in [7, 11) is -19.9. The Kier molecular flexibility index (Phi) is 17.0. The average Bonchev–Trinajstić information content (AvgIpc) is 0.760. The van der Waals surface area contributed by atoms with E-state index in [1.54, 1.807) is 0 Å². The van der Waals surface area contributed by atoms with E-state index in [4.69, 9.17) is 0 Å². The molecule has 0 aliphatic rings. The number of fused-ring (bicyclic) bond motifs is 2. The second-order valence-electron chi connectivity index (χ2n) is 18.6. The molecule has 0 bridgehead atoms.